The number of hydrogen-bond acceptors (Lipinski definition) is 6. The predicted molar refractivity (Wildman–Crippen MR) is 83.4 cm³/mol. The molecular formula is C14H14N6OS. The van der Waals surface area contributed by atoms with E-state index in [1.165, 1.54) is 16.9 Å². The van der Waals surface area contributed by atoms with Crippen molar-refractivity contribution < 1.29 is 4.79 Å². The summed E-state index contributed by atoms with van der Waals surface area (Å²) in [5.74, 6) is 0.132. The van der Waals surface area contributed by atoms with E-state index in [1.807, 2.05) is 17.5 Å². The highest BCUT2D eigenvalue weighted by Gasteiger charge is 2.10. The molecule has 0 atom stereocenters. The number of H-pyrrole nitrogens is 1. The van der Waals surface area contributed by atoms with E-state index in [0.717, 1.165) is 17.7 Å². The summed E-state index contributed by atoms with van der Waals surface area (Å²) in [5, 5.41) is 18.4. The third-order valence-corrected chi connectivity index (χ3v) is 3.87. The Bertz CT molecular complexity index is 750. The molecule has 7 nitrogen and oxygen atoms in total. The van der Waals surface area contributed by atoms with Gasteiger partial charge in [-0.3, -0.25) is 4.79 Å². The van der Waals surface area contributed by atoms with Gasteiger partial charge in [-0.1, -0.05) is 36.4 Å². The summed E-state index contributed by atoms with van der Waals surface area (Å²) in [6.07, 6.45) is 1.07. The molecule has 22 heavy (non-hydrogen) atoms. The Labute approximate surface area is 130 Å². The molecule has 0 aliphatic heterocycles. The number of aromatic amines is 1. The molecule has 0 spiro atoms. The zero-order valence-electron chi connectivity index (χ0n) is 11.9. The van der Waals surface area contributed by atoms with Crippen LogP contribution in [0.1, 0.15) is 18.3 Å². The molecule has 3 rings (SSSR count). The maximum atomic E-state index is 11.8. The molecule has 2 N–H and O–H groups in total. The number of nitrogens with one attached hydrogen (secondary N) is 2. The van der Waals surface area contributed by atoms with Gasteiger partial charge in [0, 0.05) is 10.9 Å². The van der Waals surface area contributed by atoms with Crippen LogP contribution in [0.25, 0.3) is 11.3 Å². The summed E-state index contributed by atoms with van der Waals surface area (Å²) < 4.78 is 0. The lowest BCUT2D eigenvalue weighted by Gasteiger charge is -2.00. The summed E-state index contributed by atoms with van der Waals surface area (Å²) in [6.45, 7) is 2.12. The lowest BCUT2D eigenvalue weighted by molar-refractivity contribution is -0.115. The first-order valence-electron chi connectivity index (χ1n) is 6.81. The van der Waals surface area contributed by atoms with Gasteiger partial charge in [-0.25, -0.2) is 4.98 Å². The molecular weight excluding hydrogens is 300 g/mol. The maximum absolute atomic E-state index is 11.8. The number of aryl methyl sites for hydroxylation is 1. The summed E-state index contributed by atoms with van der Waals surface area (Å²) in [5.41, 5.74) is 3.17. The largest absolute Gasteiger partial charge is 0.302 e. The van der Waals surface area contributed by atoms with Gasteiger partial charge >= 0.3 is 0 Å². The minimum absolute atomic E-state index is 0.0661. The first-order valence-corrected chi connectivity index (χ1v) is 7.69. The van der Waals surface area contributed by atoms with Crippen LogP contribution in [0.4, 0.5) is 5.13 Å². The molecule has 0 aliphatic carbocycles. The van der Waals surface area contributed by atoms with E-state index in [0.29, 0.717) is 11.0 Å². The molecule has 0 radical (unpaired) electrons. The number of benzene rings is 1. The van der Waals surface area contributed by atoms with Crippen molar-refractivity contribution in [3.05, 3.63) is 41.0 Å². The SMILES string of the molecule is CCc1ccc(-c2csc(NC(=O)Cc3nn[nH]n3)n2)cc1. The molecule has 0 saturated carbocycles. The molecule has 1 aromatic carbocycles. The van der Waals surface area contributed by atoms with Gasteiger partial charge in [0.2, 0.25) is 5.91 Å². The van der Waals surface area contributed by atoms with Crippen molar-refractivity contribution in [2.24, 2.45) is 0 Å². The number of tetrazole rings is 1. The molecule has 8 heteroatoms. The number of amides is 1. The first kappa shape index (κ1) is 14.3. The Kier molecular flexibility index (Phi) is 4.19. The van der Waals surface area contributed by atoms with Crippen molar-refractivity contribution in [1.82, 2.24) is 25.6 Å². The fourth-order valence-corrected chi connectivity index (χ4v) is 2.68. The smallest absolute Gasteiger partial charge is 0.233 e. The molecule has 3 aromatic rings. The van der Waals surface area contributed by atoms with Gasteiger partial charge in [-0.2, -0.15) is 5.21 Å². The van der Waals surface area contributed by atoms with Crippen LogP contribution in [-0.2, 0) is 17.6 Å². The van der Waals surface area contributed by atoms with E-state index >= 15 is 0 Å². The monoisotopic (exact) mass is 314 g/mol. The lowest BCUT2D eigenvalue weighted by Crippen LogP contribution is -2.15. The number of aromatic nitrogens is 5. The van der Waals surface area contributed by atoms with Crippen molar-refractivity contribution in [3.8, 4) is 11.3 Å². The number of anilines is 1. The van der Waals surface area contributed by atoms with Crippen LogP contribution in [0.5, 0.6) is 0 Å². The van der Waals surface area contributed by atoms with Crippen LogP contribution in [-0.4, -0.2) is 31.5 Å². The Morgan fingerprint density at radius 2 is 2.14 bits per heavy atom. The Morgan fingerprint density at radius 1 is 1.32 bits per heavy atom. The Balaban J connectivity index is 1.66. The maximum Gasteiger partial charge on any atom is 0.233 e. The molecule has 0 saturated heterocycles. The van der Waals surface area contributed by atoms with Gasteiger partial charge in [0.05, 0.1) is 12.1 Å². The van der Waals surface area contributed by atoms with Crippen molar-refractivity contribution >= 4 is 22.4 Å². The van der Waals surface area contributed by atoms with Gasteiger partial charge in [0.1, 0.15) is 0 Å². The van der Waals surface area contributed by atoms with Crippen LogP contribution in [0.2, 0.25) is 0 Å². The first-order chi connectivity index (χ1) is 10.7. The van der Waals surface area contributed by atoms with Crippen molar-refractivity contribution in [3.63, 3.8) is 0 Å². The highest BCUT2D eigenvalue weighted by Crippen LogP contribution is 2.25. The van der Waals surface area contributed by atoms with Gasteiger partial charge in [0.25, 0.3) is 0 Å². The predicted octanol–water partition coefficient (Wildman–Crippen LogP) is 2.07. The highest BCUT2D eigenvalue weighted by molar-refractivity contribution is 7.14. The zero-order chi connectivity index (χ0) is 15.4. The van der Waals surface area contributed by atoms with E-state index < -0.39 is 0 Å². The van der Waals surface area contributed by atoms with Crippen LogP contribution >= 0.6 is 11.3 Å². The second-order valence-corrected chi connectivity index (χ2v) is 5.50. The number of hydrogen-bond donors (Lipinski definition) is 2. The zero-order valence-corrected chi connectivity index (χ0v) is 12.7. The summed E-state index contributed by atoms with van der Waals surface area (Å²) in [7, 11) is 0. The normalized spacial score (nSPS) is 10.6. The van der Waals surface area contributed by atoms with E-state index in [9.17, 15) is 4.79 Å². The van der Waals surface area contributed by atoms with Gasteiger partial charge in [0.15, 0.2) is 11.0 Å². The second kappa shape index (κ2) is 6.44. The lowest BCUT2D eigenvalue weighted by atomic mass is 10.1. The number of nitrogens with zero attached hydrogens (tertiary/aromatic N) is 4. The summed E-state index contributed by atoms with van der Waals surface area (Å²) >= 11 is 1.39. The molecule has 0 bridgehead atoms. The molecule has 112 valence electrons. The quantitative estimate of drug-likeness (QED) is 0.751. The molecule has 1 amide bonds. The number of carbonyl (C=O) groups excluding carboxylic acids is 1. The van der Waals surface area contributed by atoms with Crippen LogP contribution in [0.15, 0.2) is 29.6 Å². The number of thiazole rings is 1. The molecule has 0 unspecified atom stereocenters. The van der Waals surface area contributed by atoms with E-state index in [2.05, 4.69) is 50.0 Å². The van der Waals surface area contributed by atoms with E-state index in [4.69, 9.17) is 0 Å². The Hall–Kier alpha value is -2.61. The fourth-order valence-electron chi connectivity index (χ4n) is 1.94. The van der Waals surface area contributed by atoms with Crippen molar-refractivity contribution in [1.29, 1.82) is 0 Å². The fraction of sp³-hybridized carbons (Fsp3) is 0.214. The second-order valence-electron chi connectivity index (χ2n) is 4.64. The number of carbonyl (C=O) groups is 1. The van der Waals surface area contributed by atoms with Crippen LogP contribution in [0.3, 0.4) is 0 Å². The minimum Gasteiger partial charge on any atom is -0.302 e. The third kappa shape index (κ3) is 3.34. The molecule has 2 heterocycles. The van der Waals surface area contributed by atoms with E-state index in [-0.39, 0.29) is 12.3 Å². The van der Waals surface area contributed by atoms with Crippen molar-refractivity contribution in [2.45, 2.75) is 19.8 Å². The minimum atomic E-state index is -0.219. The molecule has 0 aliphatic rings. The van der Waals surface area contributed by atoms with Gasteiger partial charge in [-0.05, 0) is 12.0 Å². The van der Waals surface area contributed by atoms with Crippen LogP contribution < -0.4 is 5.32 Å². The third-order valence-electron chi connectivity index (χ3n) is 3.12. The van der Waals surface area contributed by atoms with Crippen LogP contribution in [0, 0.1) is 0 Å². The average Bonchev–Trinajstić information content (AvgIpc) is 3.19. The standard InChI is InChI=1S/C14H14N6OS/c1-2-9-3-5-10(6-4-9)11-8-22-14(15-11)16-13(21)7-12-17-19-20-18-12/h3-6,8H,2,7H2,1H3,(H,15,16,21)(H,17,18,19,20). The van der Waals surface area contributed by atoms with Crippen molar-refractivity contribution in [2.75, 3.05) is 5.32 Å². The topological polar surface area (TPSA) is 96.5 Å². The molecule has 2 aromatic heterocycles. The van der Waals surface area contributed by atoms with Gasteiger partial charge < -0.3 is 5.32 Å². The number of rotatable bonds is 5. The highest BCUT2D eigenvalue weighted by atomic mass is 32.1. The molecule has 0 fully saturated rings. The van der Waals surface area contributed by atoms with E-state index in [1.54, 1.807) is 0 Å². The Morgan fingerprint density at radius 3 is 2.82 bits per heavy atom. The average molecular weight is 314 g/mol. The summed E-state index contributed by atoms with van der Waals surface area (Å²) in [4.78, 5) is 16.3. The summed E-state index contributed by atoms with van der Waals surface area (Å²) in [6, 6.07) is 8.25. The van der Waals surface area contributed by atoms with Gasteiger partial charge in [-0.15, -0.1) is 21.5 Å².